The molecule has 132 valence electrons. The van der Waals surface area contributed by atoms with E-state index in [0.29, 0.717) is 10.1 Å². The van der Waals surface area contributed by atoms with Gasteiger partial charge in [0.25, 0.3) is 5.91 Å². The van der Waals surface area contributed by atoms with Crippen LogP contribution in [0.5, 0.6) is 0 Å². The van der Waals surface area contributed by atoms with Gasteiger partial charge in [-0.05, 0) is 55.8 Å². The zero-order valence-corrected chi connectivity index (χ0v) is 16.3. The van der Waals surface area contributed by atoms with Gasteiger partial charge >= 0.3 is 0 Å². The number of benzene rings is 2. The van der Waals surface area contributed by atoms with Gasteiger partial charge < -0.3 is 10.2 Å². The van der Waals surface area contributed by atoms with Crippen molar-refractivity contribution < 1.29 is 4.79 Å². The van der Waals surface area contributed by atoms with Crippen LogP contribution in [0.3, 0.4) is 0 Å². The van der Waals surface area contributed by atoms with Gasteiger partial charge in [-0.2, -0.15) is 0 Å². The second-order valence-corrected chi connectivity index (χ2v) is 8.60. The molecule has 1 N–H and O–H groups in total. The summed E-state index contributed by atoms with van der Waals surface area (Å²) in [6.45, 7) is 6.20. The normalized spacial score (nSPS) is 14.5. The minimum absolute atomic E-state index is 0.0602. The average molecular weight is 373 g/mol. The molecule has 5 heteroatoms. The van der Waals surface area contributed by atoms with Gasteiger partial charge in [0.15, 0.2) is 0 Å². The van der Waals surface area contributed by atoms with E-state index in [1.165, 1.54) is 17.1 Å². The highest BCUT2D eigenvalue weighted by atomic mass is 32.2. The summed E-state index contributed by atoms with van der Waals surface area (Å²) in [5, 5.41) is 3.03. The van der Waals surface area contributed by atoms with Crippen molar-refractivity contribution in [3.63, 3.8) is 0 Å². The van der Waals surface area contributed by atoms with Gasteiger partial charge in [0.05, 0.1) is 4.58 Å². The van der Waals surface area contributed by atoms with Crippen LogP contribution in [0.4, 0.5) is 11.4 Å². The van der Waals surface area contributed by atoms with E-state index < -0.39 is 0 Å². The fraction of sp³-hybridized carbons (Fsp3) is 0.350. The summed E-state index contributed by atoms with van der Waals surface area (Å²) in [6, 6.07) is 16.0. The molecule has 1 heterocycles. The summed E-state index contributed by atoms with van der Waals surface area (Å²) >= 11 is 3.95. The minimum Gasteiger partial charge on any atom is -0.372 e. The molecule has 0 spiro atoms. The second kappa shape index (κ2) is 8.68. The van der Waals surface area contributed by atoms with Gasteiger partial charge in [0, 0.05) is 41.5 Å². The van der Waals surface area contributed by atoms with Crippen molar-refractivity contribution in [2.45, 2.75) is 18.4 Å². The number of nitrogens with zero attached hydrogens (tertiary/aromatic N) is 1. The lowest BCUT2D eigenvalue weighted by Gasteiger charge is -2.21. The maximum Gasteiger partial charge on any atom is 0.255 e. The summed E-state index contributed by atoms with van der Waals surface area (Å²) in [5.41, 5.74) is 3.98. The monoisotopic (exact) mass is 372 g/mol. The fourth-order valence-corrected chi connectivity index (χ4v) is 5.77. The number of hydrogen-bond acceptors (Lipinski definition) is 4. The lowest BCUT2D eigenvalue weighted by Crippen LogP contribution is -2.21. The summed E-state index contributed by atoms with van der Waals surface area (Å²) in [5.74, 6) is 2.34. The van der Waals surface area contributed by atoms with Crippen LogP contribution in [0.1, 0.15) is 34.4 Å². The standard InChI is InChI=1S/C20H24N2OS2/c1-3-22(4-2)18-10-8-15(9-11-18)19(23)21-17-7-5-6-16(14-17)20-24-12-13-25-20/h5-11,14,20H,3-4,12-13H2,1-2H3,(H,21,23). The van der Waals surface area contributed by atoms with Gasteiger partial charge in [0.1, 0.15) is 0 Å². The van der Waals surface area contributed by atoms with E-state index in [1.807, 2.05) is 59.9 Å². The molecule has 0 bridgehead atoms. The van der Waals surface area contributed by atoms with Gasteiger partial charge in [-0.3, -0.25) is 4.79 Å². The first kappa shape index (κ1) is 18.2. The number of thioether (sulfide) groups is 2. The predicted molar refractivity (Wildman–Crippen MR) is 112 cm³/mol. The molecule has 1 aliphatic heterocycles. The van der Waals surface area contributed by atoms with Crippen LogP contribution in [0.2, 0.25) is 0 Å². The van der Waals surface area contributed by atoms with E-state index in [9.17, 15) is 4.79 Å². The fourth-order valence-electron chi connectivity index (χ4n) is 2.93. The molecule has 2 aromatic rings. The number of carbonyl (C=O) groups is 1. The van der Waals surface area contributed by atoms with Crippen molar-refractivity contribution in [3.05, 3.63) is 59.7 Å². The van der Waals surface area contributed by atoms with Crippen LogP contribution in [0.25, 0.3) is 0 Å². The second-order valence-electron chi connectivity index (χ2n) is 5.87. The van der Waals surface area contributed by atoms with Gasteiger partial charge in [0.2, 0.25) is 0 Å². The predicted octanol–water partition coefficient (Wildman–Crippen LogP) is 5.26. The first-order valence-electron chi connectivity index (χ1n) is 8.70. The lowest BCUT2D eigenvalue weighted by molar-refractivity contribution is 0.102. The van der Waals surface area contributed by atoms with Crippen LogP contribution in [0, 0.1) is 0 Å². The Morgan fingerprint density at radius 2 is 1.76 bits per heavy atom. The Labute approximate surface area is 158 Å². The van der Waals surface area contributed by atoms with E-state index >= 15 is 0 Å². The SMILES string of the molecule is CCN(CC)c1ccc(C(=O)Nc2cccc(C3SCCS3)c2)cc1. The topological polar surface area (TPSA) is 32.3 Å². The van der Waals surface area contributed by atoms with Crippen molar-refractivity contribution in [2.24, 2.45) is 0 Å². The molecule has 1 fully saturated rings. The maximum atomic E-state index is 12.5. The van der Waals surface area contributed by atoms with Crippen molar-refractivity contribution in [3.8, 4) is 0 Å². The van der Waals surface area contributed by atoms with Gasteiger partial charge in [-0.1, -0.05) is 12.1 Å². The van der Waals surface area contributed by atoms with E-state index in [4.69, 9.17) is 0 Å². The average Bonchev–Trinajstić information content (AvgIpc) is 3.18. The smallest absolute Gasteiger partial charge is 0.255 e. The zero-order chi connectivity index (χ0) is 17.6. The number of nitrogens with one attached hydrogen (secondary N) is 1. The van der Waals surface area contributed by atoms with Crippen molar-refractivity contribution in [1.82, 2.24) is 0 Å². The van der Waals surface area contributed by atoms with Crippen molar-refractivity contribution >= 4 is 40.8 Å². The Morgan fingerprint density at radius 1 is 1.08 bits per heavy atom. The first-order chi connectivity index (χ1) is 12.2. The highest BCUT2D eigenvalue weighted by Crippen LogP contribution is 2.45. The molecule has 0 saturated carbocycles. The molecule has 2 aromatic carbocycles. The van der Waals surface area contributed by atoms with Crippen LogP contribution < -0.4 is 10.2 Å². The highest BCUT2D eigenvalue weighted by Gasteiger charge is 2.18. The number of hydrogen-bond donors (Lipinski definition) is 1. The summed E-state index contributed by atoms with van der Waals surface area (Å²) in [4.78, 5) is 14.8. The molecule has 1 amide bonds. The molecule has 3 nitrogen and oxygen atoms in total. The van der Waals surface area contributed by atoms with E-state index in [2.05, 4.69) is 36.2 Å². The Morgan fingerprint density at radius 3 is 2.40 bits per heavy atom. The maximum absolute atomic E-state index is 12.5. The molecule has 0 radical (unpaired) electrons. The molecule has 1 aliphatic rings. The van der Waals surface area contributed by atoms with Crippen LogP contribution in [-0.2, 0) is 0 Å². The molecule has 1 saturated heterocycles. The lowest BCUT2D eigenvalue weighted by atomic mass is 10.1. The zero-order valence-electron chi connectivity index (χ0n) is 14.7. The quantitative estimate of drug-likeness (QED) is 0.749. The molecule has 3 rings (SSSR count). The van der Waals surface area contributed by atoms with Crippen molar-refractivity contribution in [2.75, 3.05) is 34.8 Å². The van der Waals surface area contributed by atoms with Crippen LogP contribution in [-0.4, -0.2) is 30.5 Å². The summed E-state index contributed by atoms with van der Waals surface area (Å²) in [6.07, 6.45) is 0. The number of carbonyl (C=O) groups excluding carboxylic acids is 1. The van der Waals surface area contributed by atoms with E-state index in [1.54, 1.807) is 0 Å². The van der Waals surface area contributed by atoms with Gasteiger partial charge in [-0.15, -0.1) is 23.5 Å². The molecular formula is C20H24N2OS2. The van der Waals surface area contributed by atoms with Crippen molar-refractivity contribution in [1.29, 1.82) is 0 Å². The Kier molecular flexibility index (Phi) is 6.32. The molecular weight excluding hydrogens is 348 g/mol. The number of amides is 1. The Hall–Kier alpha value is -1.59. The number of anilines is 2. The van der Waals surface area contributed by atoms with E-state index in [-0.39, 0.29) is 5.91 Å². The first-order valence-corrected chi connectivity index (χ1v) is 10.8. The highest BCUT2D eigenvalue weighted by molar-refractivity contribution is 8.19. The largest absolute Gasteiger partial charge is 0.372 e. The van der Waals surface area contributed by atoms with Crippen LogP contribution in [0.15, 0.2) is 48.5 Å². The molecule has 0 unspecified atom stereocenters. The number of rotatable bonds is 6. The third kappa shape index (κ3) is 4.53. The third-order valence-electron chi connectivity index (χ3n) is 4.30. The minimum atomic E-state index is -0.0602. The molecule has 0 aliphatic carbocycles. The van der Waals surface area contributed by atoms with E-state index in [0.717, 1.165) is 24.5 Å². The van der Waals surface area contributed by atoms with Gasteiger partial charge in [-0.25, -0.2) is 0 Å². The molecule has 0 aromatic heterocycles. The Balaban J connectivity index is 1.68. The summed E-state index contributed by atoms with van der Waals surface area (Å²) < 4.78 is 0.491. The molecule has 0 atom stereocenters. The van der Waals surface area contributed by atoms with Crippen LogP contribution >= 0.6 is 23.5 Å². The summed E-state index contributed by atoms with van der Waals surface area (Å²) in [7, 11) is 0. The third-order valence-corrected chi connectivity index (χ3v) is 7.40. The Bertz CT molecular complexity index is 708. The molecule has 25 heavy (non-hydrogen) atoms.